The highest BCUT2D eigenvalue weighted by Crippen LogP contribution is 2.38. The van der Waals surface area contributed by atoms with Gasteiger partial charge in [-0.15, -0.1) is 11.8 Å². The molecule has 3 rings (SSSR count). The SMILES string of the molecule is CCN(CC)S(=O)(=O)c1ccc(O)c(NC(=O)[C@H]2Cc3ccccc3S2)c1. The molecule has 0 saturated carbocycles. The zero-order valence-corrected chi connectivity index (χ0v) is 16.8. The van der Waals surface area contributed by atoms with Crippen molar-refractivity contribution in [1.82, 2.24) is 4.31 Å². The third kappa shape index (κ3) is 3.97. The largest absolute Gasteiger partial charge is 0.506 e. The highest BCUT2D eigenvalue weighted by molar-refractivity contribution is 8.01. The Kier molecular flexibility index (Phi) is 5.78. The van der Waals surface area contributed by atoms with E-state index in [0.29, 0.717) is 19.5 Å². The van der Waals surface area contributed by atoms with E-state index in [1.165, 1.54) is 34.3 Å². The van der Waals surface area contributed by atoms with Crippen molar-refractivity contribution in [2.75, 3.05) is 18.4 Å². The predicted octanol–water partition coefficient (Wildman–Crippen LogP) is 3.08. The summed E-state index contributed by atoms with van der Waals surface area (Å²) in [6, 6.07) is 11.8. The van der Waals surface area contributed by atoms with Crippen LogP contribution < -0.4 is 5.32 Å². The maximum atomic E-state index is 12.7. The highest BCUT2D eigenvalue weighted by Gasteiger charge is 2.29. The van der Waals surface area contributed by atoms with Gasteiger partial charge >= 0.3 is 0 Å². The summed E-state index contributed by atoms with van der Waals surface area (Å²) in [5.74, 6) is -0.425. The Hall–Kier alpha value is -2.03. The number of aromatic hydroxyl groups is 1. The van der Waals surface area contributed by atoms with Crippen LogP contribution in [0, 0.1) is 0 Å². The molecule has 27 heavy (non-hydrogen) atoms. The topological polar surface area (TPSA) is 86.7 Å². The Morgan fingerprint density at radius 1 is 1.22 bits per heavy atom. The Labute approximate surface area is 163 Å². The van der Waals surface area contributed by atoms with Crippen LogP contribution in [-0.2, 0) is 21.2 Å². The summed E-state index contributed by atoms with van der Waals surface area (Å²) in [5, 5.41) is 12.5. The first-order chi connectivity index (χ1) is 12.9. The summed E-state index contributed by atoms with van der Waals surface area (Å²) >= 11 is 1.47. The number of nitrogens with zero attached hydrogens (tertiary/aromatic N) is 1. The van der Waals surface area contributed by atoms with E-state index in [2.05, 4.69) is 5.32 Å². The van der Waals surface area contributed by atoms with Gasteiger partial charge in [-0.3, -0.25) is 4.79 Å². The molecule has 0 aromatic heterocycles. The van der Waals surface area contributed by atoms with E-state index in [4.69, 9.17) is 0 Å². The van der Waals surface area contributed by atoms with Crippen molar-refractivity contribution < 1.29 is 18.3 Å². The van der Waals surface area contributed by atoms with Gasteiger partial charge in [0.05, 0.1) is 15.8 Å². The minimum absolute atomic E-state index is 0.0432. The third-order valence-corrected chi connectivity index (χ3v) is 7.87. The van der Waals surface area contributed by atoms with Gasteiger partial charge in [-0.1, -0.05) is 32.0 Å². The summed E-state index contributed by atoms with van der Waals surface area (Å²) in [6.45, 7) is 4.22. The van der Waals surface area contributed by atoms with Crippen LogP contribution in [0.2, 0.25) is 0 Å². The molecule has 8 heteroatoms. The summed E-state index contributed by atoms with van der Waals surface area (Å²) in [5.41, 5.74) is 1.22. The molecule has 6 nitrogen and oxygen atoms in total. The predicted molar refractivity (Wildman–Crippen MR) is 107 cm³/mol. The van der Waals surface area contributed by atoms with Crippen molar-refractivity contribution in [1.29, 1.82) is 0 Å². The Morgan fingerprint density at radius 2 is 1.93 bits per heavy atom. The third-order valence-electron chi connectivity index (χ3n) is 4.51. The average molecular weight is 407 g/mol. The number of phenolic OH excluding ortho intramolecular Hbond substituents is 1. The molecule has 0 fully saturated rings. The lowest BCUT2D eigenvalue weighted by Crippen LogP contribution is -2.30. The first kappa shape index (κ1) is 19.7. The highest BCUT2D eigenvalue weighted by atomic mass is 32.2. The molecule has 2 aromatic carbocycles. The summed E-state index contributed by atoms with van der Waals surface area (Å²) in [6.07, 6.45) is 0.602. The molecule has 1 heterocycles. The molecule has 2 aromatic rings. The fourth-order valence-electron chi connectivity index (χ4n) is 3.03. The van der Waals surface area contributed by atoms with Gasteiger partial charge in [-0.25, -0.2) is 8.42 Å². The molecule has 0 saturated heterocycles. The van der Waals surface area contributed by atoms with Gasteiger partial charge in [0.15, 0.2) is 0 Å². The molecule has 0 unspecified atom stereocenters. The number of hydrogen-bond acceptors (Lipinski definition) is 5. The van der Waals surface area contributed by atoms with Crippen molar-refractivity contribution in [2.45, 2.75) is 35.3 Å². The fraction of sp³-hybridized carbons (Fsp3) is 0.316. The molecule has 2 N–H and O–H groups in total. The quantitative estimate of drug-likeness (QED) is 0.720. The number of sulfonamides is 1. The molecule has 0 aliphatic carbocycles. The standard InChI is InChI=1S/C19H22N2O4S2/c1-3-21(4-2)27(24,25)14-9-10-16(22)15(12-14)20-19(23)18-11-13-7-5-6-8-17(13)26-18/h5-10,12,18,22H,3-4,11H2,1-2H3,(H,20,23)/t18-/m1/s1. The van der Waals surface area contributed by atoms with E-state index in [-0.39, 0.29) is 27.5 Å². The number of carbonyl (C=O) groups is 1. The summed E-state index contributed by atoms with van der Waals surface area (Å²) < 4.78 is 26.7. The van der Waals surface area contributed by atoms with E-state index < -0.39 is 10.0 Å². The molecule has 1 atom stereocenters. The van der Waals surface area contributed by atoms with Crippen molar-refractivity contribution in [3.8, 4) is 5.75 Å². The Balaban J connectivity index is 1.81. The zero-order valence-electron chi connectivity index (χ0n) is 15.2. The van der Waals surface area contributed by atoms with Gasteiger partial charge < -0.3 is 10.4 Å². The van der Waals surface area contributed by atoms with E-state index >= 15 is 0 Å². The lowest BCUT2D eigenvalue weighted by molar-refractivity contribution is -0.115. The van der Waals surface area contributed by atoms with E-state index in [0.717, 1.165) is 10.5 Å². The smallest absolute Gasteiger partial charge is 0.243 e. The molecule has 144 valence electrons. The Morgan fingerprint density at radius 3 is 2.59 bits per heavy atom. The first-order valence-electron chi connectivity index (χ1n) is 8.75. The van der Waals surface area contributed by atoms with Crippen LogP contribution >= 0.6 is 11.8 Å². The number of fused-ring (bicyclic) bond motifs is 1. The number of thioether (sulfide) groups is 1. The average Bonchev–Trinajstić information content (AvgIpc) is 3.08. The minimum atomic E-state index is -3.67. The second-order valence-corrected chi connectivity index (χ2v) is 9.36. The van der Waals surface area contributed by atoms with Crippen LogP contribution in [0.5, 0.6) is 5.75 Å². The van der Waals surface area contributed by atoms with Crippen LogP contribution in [0.1, 0.15) is 19.4 Å². The maximum Gasteiger partial charge on any atom is 0.243 e. The molecule has 1 aliphatic rings. The van der Waals surface area contributed by atoms with Gasteiger partial charge in [-0.05, 0) is 36.2 Å². The fourth-order valence-corrected chi connectivity index (χ4v) is 5.71. The lowest BCUT2D eigenvalue weighted by atomic mass is 10.1. The van der Waals surface area contributed by atoms with Gasteiger partial charge in [-0.2, -0.15) is 4.31 Å². The number of benzene rings is 2. The molecular weight excluding hydrogens is 384 g/mol. The summed E-state index contributed by atoms with van der Waals surface area (Å²) in [7, 11) is -3.67. The molecule has 1 aliphatic heterocycles. The molecular formula is C19H22N2O4S2. The monoisotopic (exact) mass is 406 g/mol. The molecule has 1 amide bonds. The van der Waals surface area contributed by atoms with Gasteiger partial charge in [0.2, 0.25) is 15.9 Å². The van der Waals surface area contributed by atoms with Crippen molar-refractivity contribution in [2.24, 2.45) is 0 Å². The Bertz CT molecular complexity index is 931. The van der Waals surface area contributed by atoms with Crippen LogP contribution in [0.4, 0.5) is 5.69 Å². The number of anilines is 1. The number of amides is 1. The van der Waals surface area contributed by atoms with Crippen LogP contribution in [0.15, 0.2) is 52.3 Å². The van der Waals surface area contributed by atoms with Crippen LogP contribution in [0.25, 0.3) is 0 Å². The normalized spacial score (nSPS) is 16.3. The number of phenols is 1. The number of rotatable bonds is 6. The second kappa shape index (κ2) is 7.92. The number of hydrogen-bond donors (Lipinski definition) is 2. The van der Waals surface area contributed by atoms with E-state index in [9.17, 15) is 18.3 Å². The molecule has 0 radical (unpaired) electrons. The second-order valence-electron chi connectivity index (χ2n) is 6.18. The van der Waals surface area contributed by atoms with E-state index in [1.54, 1.807) is 13.8 Å². The van der Waals surface area contributed by atoms with Crippen molar-refractivity contribution >= 4 is 33.4 Å². The minimum Gasteiger partial charge on any atom is -0.506 e. The summed E-state index contributed by atoms with van der Waals surface area (Å²) in [4.78, 5) is 13.8. The van der Waals surface area contributed by atoms with Crippen molar-refractivity contribution in [3.05, 3.63) is 48.0 Å². The molecule has 0 spiro atoms. The van der Waals surface area contributed by atoms with Crippen LogP contribution in [0.3, 0.4) is 0 Å². The first-order valence-corrected chi connectivity index (χ1v) is 11.1. The van der Waals surface area contributed by atoms with Crippen LogP contribution in [-0.4, -0.2) is 42.1 Å². The maximum absolute atomic E-state index is 12.7. The van der Waals surface area contributed by atoms with E-state index in [1.807, 2.05) is 24.3 Å². The number of carbonyl (C=O) groups excluding carboxylic acids is 1. The molecule has 0 bridgehead atoms. The van der Waals surface area contributed by atoms with Crippen molar-refractivity contribution in [3.63, 3.8) is 0 Å². The van der Waals surface area contributed by atoms with Gasteiger partial charge in [0.1, 0.15) is 5.75 Å². The number of nitrogens with one attached hydrogen (secondary N) is 1. The van der Waals surface area contributed by atoms with Gasteiger partial charge in [0, 0.05) is 18.0 Å². The lowest BCUT2D eigenvalue weighted by Gasteiger charge is -2.19. The van der Waals surface area contributed by atoms with Gasteiger partial charge in [0.25, 0.3) is 0 Å². The zero-order chi connectivity index (χ0) is 19.6.